The summed E-state index contributed by atoms with van der Waals surface area (Å²) in [5.41, 5.74) is 5.37. The first kappa shape index (κ1) is 15.1. The number of likely N-dealkylation sites (tertiary alicyclic amines) is 1. The SMILES string of the molecule is COc1ccc(CN2CCCC2)cc1-c1ccc2nccnc2c1. The Morgan fingerprint density at radius 2 is 1.75 bits per heavy atom. The number of rotatable bonds is 4. The maximum absolute atomic E-state index is 5.59. The summed E-state index contributed by atoms with van der Waals surface area (Å²) in [6.45, 7) is 3.41. The van der Waals surface area contributed by atoms with E-state index in [1.54, 1.807) is 19.5 Å². The standard InChI is InChI=1S/C20H21N3O/c1-24-20-7-4-15(14-23-10-2-3-11-23)12-17(20)16-5-6-18-19(13-16)22-9-8-21-18/h4-9,12-13H,2-3,10-11,14H2,1H3. The summed E-state index contributed by atoms with van der Waals surface area (Å²) >= 11 is 0. The first-order valence-electron chi connectivity index (χ1n) is 8.44. The van der Waals surface area contributed by atoms with Gasteiger partial charge in [0.05, 0.1) is 18.1 Å². The number of methoxy groups -OCH3 is 1. The van der Waals surface area contributed by atoms with E-state index in [0.717, 1.165) is 34.5 Å². The van der Waals surface area contributed by atoms with Crippen molar-refractivity contribution in [1.29, 1.82) is 0 Å². The highest BCUT2D eigenvalue weighted by Gasteiger charge is 2.14. The van der Waals surface area contributed by atoms with Gasteiger partial charge in [-0.15, -0.1) is 0 Å². The summed E-state index contributed by atoms with van der Waals surface area (Å²) in [4.78, 5) is 11.3. The van der Waals surface area contributed by atoms with E-state index in [1.165, 1.54) is 31.5 Å². The number of hydrogen-bond donors (Lipinski definition) is 0. The van der Waals surface area contributed by atoms with Crippen molar-refractivity contribution >= 4 is 11.0 Å². The molecule has 0 radical (unpaired) electrons. The minimum absolute atomic E-state index is 0.892. The molecule has 0 bridgehead atoms. The van der Waals surface area contributed by atoms with Crippen LogP contribution >= 0.6 is 0 Å². The Morgan fingerprint density at radius 3 is 2.54 bits per heavy atom. The maximum atomic E-state index is 5.59. The van der Waals surface area contributed by atoms with Gasteiger partial charge in [-0.2, -0.15) is 0 Å². The summed E-state index contributed by atoms with van der Waals surface area (Å²) in [6, 6.07) is 12.7. The highest BCUT2D eigenvalue weighted by Crippen LogP contribution is 2.32. The fraction of sp³-hybridized carbons (Fsp3) is 0.300. The smallest absolute Gasteiger partial charge is 0.126 e. The molecule has 4 nitrogen and oxygen atoms in total. The van der Waals surface area contributed by atoms with E-state index in [4.69, 9.17) is 4.74 Å². The van der Waals surface area contributed by atoms with Crippen molar-refractivity contribution in [3.63, 3.8) is 0 Å². The molecule has 0 saturated carbocycles. The van der Waals surface area contributed by atoms with Crippen molar-refractivity contribution in [1.82, 2.24) is 14.9 Å². The van der Waals surface area contributed by atoms with Crippen LogP contribution in [0.2, 0.25) is 0 Å². The Hall–Kier alpha value is -2.46. The van der Waals surface area contributed by atoms with Crippen LogP contribution in [0.3, 0.4) is 0 Å². The van der Waals surface area contributed by atoms with Crippen LogP contribution in [-0.2, 0) is 6.54 Å². The molecule has 0 N–H and O–H groups in total. The molecule has 4 heteroatoms. The van der Waals surface area contributed by atoms with Crippen molar-refractivity contribution in [2.75, 3.05) is 20.2 Å². The Kier molecular flexibility index (Phi) is 4.13. The molecule has 1 aliphatic heterocycles. The Balaban J connectivity index is 1.73. The molecule has 1 aliphatic rings. The van der Waals surface area contributed by atoms with Gasteiger partial charge in [0, 0.05) is 24.5 Å². The molecule has 0 aliphatic carbocycles. The normalized spacial score (nSPS) is 15.0. The lowest BCUT2D eigenvalue weighted by atomic mass is 10.0. The highest BCUT2D eigenvalue weighted by molar-refractivity contribution is 5.83. The quantitative estimate of drug-likeness (QED) is 0.731. The number of nitrogens with zero attached hydrogens (tertiary/aromatic N) is 3. The van der Waals surface area contributed by atoms with Crippen LogP contribution in [0.15, 0.2) is 48.8 Å². The van der Waals surface area contributed by atoms with Gasteiger partial charge in [0.1, 0.15) is 5.75 Å². The molecule has 1 aromatic heterocycles. The van der Waals surface area contributed by atoms with Crippen LogP contribution < -0.4 is 4.74 Å². The molecule has 0 atom stereocenters. The zero-order valence-electron chi connectivity index (χ0n) is 13.9. The molecule has 122 valence electrons. The molecular weight excluding hydrogens is 298 g/mol. The lowest BCUT2D eigenvalue weighted by Gasteiger charge is -2.17. The summed E-state index contributed by atoms with van der Waals surface area (Å²) < 4.78 is 5.59. The first-order chi connectivity index (χ1) is 11.8. The number of hydrogen-bond acceptors (Lipinski definition) is 4. The maximum Gasteiger partial charge on any atom is 0.126 e. The van der Waals surface area contributed by atoms with E-state index in [-0.39, 0.29) is 0 Å². The topological polar surface area (TPSA) is 38.2 Å². The van der Waals surface area contributed by atoms with Crippen LogP contribution in [0.1, 0.15) is 18.4 Å². The third kappa shape index (κ3) is 2.97. The van der Waals surface area contributed by atoms with Gasteiger partial charge < -0.3 is 4.74 Å². The second kappa shape index (κ2) is 6.57. The monoisotopic (exact) mass is 319 g/mol. The number of ether oxygens (including phenoxy) is 1. The first-order valence-corrected chi connectivity index (χ1v) is 8.44. The van der Waals surface area contributed by atoms with Gasteiger partial charge in [0.15, 0.2) is 0 Å². The third-order valence-corrected chi connectivity index (χ3v) is 4.65. The number of benzene rings is 2. The van der Waals surface area contributed by atoms with Crippen molar-refractivity contribution in [3.8, 4) is 16.9 Å². The van der Waals surface area contributed by atoms with Crippen LogP contribution in [0.5, 0.6) is 5.75 Å². The minimum Gasteiger partial charge on any atom is -0.496 e. The molecule has 1 saturated heterocycles. The number of fused-ring (bicyclic) bond motifs is 1. The summed E-state index contributed by atoms with van der Waals surface area (Å²) in [5, 5.41) is 0. The minimum atomic E-state index is 0.892. The molecular formula is C20H21N3O. The largest absolute Gasteiger partial charge is 0.496 e. The van der Waals surface area contributed by atoms with Crippen LogP contribution in [0.4, 0.5) is 0 Å². The van der Waals surface area contributed by atoms with E-state index >= 15 is 0 Å². The lowest BCUT2D eigenvalue weighted by molar-refractivity contribution is 0.331. The van der Waals surface area contributed by atoms with E-state index in [9.17, 15) is 0 Å². The predicted molar refractivity (Wildman–Crippen MR) is 96.0 cm³/mol. The van der Waals surface area contributed by atoms with Gasteiger partial charge in [-0.05, 0) is 61.3 Å². The van der Waals surface area contributed by atoms with Crippen molar-refractivity contribution in [2.24, 2.45) is 0 Å². The average molecular weight is 319 g/mol. The zero-order chi connectivity index (χ0) is 16.4. The molecule has 0 amide bonds. The predicted octanol–water partition coefficient (Wildman–Crippen LogP) is 3.90. The van der Waals surface area contributed by atoms with Crippen molar-refractivity contribution in [3.05, 3.63) is 54.4 Å². The fourth-order valence-corrected chi connectivity index (χ4v) is 3.41. The third-order valence-electron chi connectivity index (χ3n) is 4.65. The van der Waals surface area contributed by atoms with Gasteiger partial charge in [-0.1, -0.05) is 12.1 Å². The van der Waals surface area contributed by atoms with Gasteiger partial charge in [0.25, 0.3) is 0 Å². The molecule has 2 heterocycles. The van der Waals surface area contributed by atoms with E-state index in [0.29, 0.717) is 0 Å². The second-order valence-corrected chi connectivity index (χ2v) is 6.28. The lowest BCUT2D eigenvalue weighted by Crippen LogP contribution is -2.18. The molecule has 3 aromatic rings. The zero-order valence-corrected chi connectivity index (χ0v) is 13.9. The Labute approximate surface area is 142 Å². The van der Waals surface area contributed by atoms with Crippen LogP contribution in [0.25, 0.3) is 22.2 Å². The summed E-state index contributed by atoms with van der Waals surface area (Å²) in [7, 11) is 1.72. The van der Waals surface area contributed by atoms with Crippen LogP contribution in [0, 0.1) is 0 Å². The highest BCUT2D eigenvalue weighted by atomic mass is 16.5. The van der Waals surface area contributed by atoms with Gasteiger partial charge in [-0.3, -0.25) is 14.9 Å². The molecule has 0 spiro atoms. The van der Waals surface area contributed by atoms with Gasteiger partial charge >= 0.3 is 0 Å². The summed E-state index contributed by atoms with van der Waals surface area (Å²) in [6.07, 6.45) is 6.07. The Morgan fingerprint density at radius 1 is 0.958 bits per heavy atom. The van der Waals surface area contributed by atoms with E-state index in [1.807, 2.05) is 6.07 Å². The molecule has 0 unspecified atom stereocenters. The van der Waals surface area contributed by atoms with Crippen molar-refractivity contribution < 1.29 is 4.74 Å². The van der Waals surface area contributed by atoms with Crippen molar-refractivity contribution in [2.45, 2.75) is 19.4 Å². The molecule has 1 fully saturated rings. The number of aromatic nitrogens is 2. The summed E-state index contributed by atoms with van der Waals surface area (Å²) in [5.74, 6) is 0.892. The fourth-order valence-electron chi connectivity index (χ4n) is 3.41. The molecule has 4 rings (SSSR count). The second-order valence-electron chi connectivity index (χ2n) is 6.28. The Bertz CT molecular complexity index is 856. The van der Waals surface area contributed by atoms with Crippen LogP contribution in [-0.4, -0.2) is 35.1 Å². The molecule has 2 aromatic carbocycles. The van der Waals surface area contributed by atoms with E-state index in [2.05, 4.69) is 45.2 Å². The van der Waals surface area contributed by atoms with E-state index < -0.39 is 0 Å². The van der Waals surface area contributed by atoms with Gasteiger partial charge in [0.2, 0.25) is 0 Å². The molecule has 24 heavy (non-hydrogen) atoms. The average Bonchev–Trinajstić information content (AvgIpc) is 3.14. The van der Waals surface area contributed by atoms with Gasteiger partial charge in [-0.25, -0.2) is 0 Å².